The maximum absolute atomic E-state index is 13.2. The molecular formula is C22H25Cl2N3O. The van der Waals surface area contributed by atoms with Gasteiger partial charge in [-0.15, -0.1) is 12.4 Å². The van der Waals surface area contributed by atoms with Crippen LogP contribution in [0.3, 0.4) is 0 Å². The summed E-state index contributed by atoms with van der Waals surface area (Å²) >= 11 is 6.42. The Bertz CT molecular complexity index is 961. The second-order valence-corrected chi connectivity index (χ2v) is 7.01. The Morgan fingerprint density at radius 1 is 1.18 bits per heavy atom. The number of halogens is 2. The minimum atomic E-state index is -0.103. The highest BCUT2D eigenvalue weighted by atomic mass is 35.5. The van der Waals surface area contributed by atoms with Crippen LogP contribution in [0.25, 0.3) is 22.0 Å². The van der Waals surface area contributed by atoms with Gasteiger partial charge in [-0.05, 0) is 30.9 Å². The molecule has 3 aromatic rings. The van der Waals surface area contributed by atoms with E-state index in [-0.39, 0.29) is 24.4 Å². The average molecular weight is 418 g/mol. The maximum atomic E-state index is 13.2. The smallest absolute Gasteiger partial charge is 0.272 e. The Labute approximate surface area is 177 Å². The van der Waals surface area contributed by atoms with Gasteiger partial charge in [0.15, 0.2) is 0 Å². The van der Waals surface area contributed by atoms with E-state index in [0.717, 1.165) is 28.5 Å². The zero-order chi connectivity index (χ0) is 19.4. The van der Waals surface area contributed by atoms with Crippen LogP contribution in [0.4, 0.5) is 0 Å². The molecule has 0 aliphatic carbocycles. The third-order valence-corrected chi connectivity index (χ3v) is 5.17. The normalized spacial score (nSPS) is 11.7. The predicted molar refractivity (Wildman–Crippen MR) is 119 cm³/mol. The van der Waals surface area contributed by atoms with Crippen molar-refractivity contribution in [2.75, 3.05) is 13.1 Å². The first-order valence-corrected chi connectivity index (χ1v) is 9.60. The van der Waals surface area contributed by atoms with Gasteiger partial charge < -0.3 is 10.6 Å². The Morgan fingerprint density at radius 2 is 1.86 bits per heavy atom. The number of aromatic nitrogens is 1. The zero-order valence-corrected chi connectivity index (χ0v) is 17.6. The van der Waals surface area contributed by atoms with E-state index in [4.69, 9.17) is 22.3 Å². The van der Waals surface area contributed by atoms with Crippen molar-refractivity contribution >= 4 is 40.7 Å². The molecule has 6 heteroatoms. The summed E-state index contributed by atoms with van der Waals surface area (Å²) in [6, 6.07) is 17.4. The topological polar surface area (TPSA) is 59.2 Å². The molecule has 0 saturated heterocycles. The summed E-state index contributed by atoms with van der Waals surface area (Å²) in [6.07, 6.45) is 0.858. The molecular weight excluding hydrogens is 393 g/mol. The van der Waals surface area contributed by atoms with Gasteiger partial charge in [-0.3, -0.25) is 4.79 Å². The van der Waals surface area contributed by atoms with Crippen LogP contribution < -0.4 is 5.73 Å². The number of hydrogen-bond acceptors (Lipinski definition) is 3. The molecule has 148 valence electrons. The van der Waals surface area contributed by atoms with Crippen molar-refractivity contribution in [1.82, 2.24) is 9.88 Å². The average Bonchev–Trinajstić information content (AvgIpc) is 2.70. The van der Waals surface area contributed by atoms with E-state index in [1.807, 2.05) is 61.5 Å². The predicted octanol–water partition coefficient (Wildman–Crippen LogP) is 5.18. The van der Waals surface area contributed by atoms with Crippen molar-refractivity contribution in [3.8, 4) is 11.3 Å². The maximum Gasteiger partial charge on any atom is 0.272 e. The fourth-order valence-corrected chi connectivity index (χ4v) is 3.42. The van der Waals surface area contributed by atoms with Crippen LogP contribution in [-0.4, -0.2) is 34.9 Å². The molecule has 0 bridgehead atoms. The molecule has 0 radical (unpaired) electrons. The highest BCUT2D eigenvalue weighted by molar-refractivity contribution is 6.33. The van der Waals surface area contributed by atoms with Gasteiger partial charge in [-0.1, -0.05) is 61.0 Å². The lowest BCUT2D eigenvalue weighted by Crippen LogP contribution is -2.41. The van der Waals surface area contributed by atoms with Crippen molar-refractivity contribution < 1.29 is 4.79 Å². The van der Waals surface area contributed by atoms with Crippen molar-refractivity contribution in [2.45, 2.75) is 26.3 Å². The molecule has 2 aromatic carbocycles. The number of nitrogens with two attached hydrogens (primary N) is 1. The minimum Gasteiger partial charge on any atom is -0.333 e. The summed E-state index contributed by atoms with van der Waals surface area (Å²) in [5, 5.41) is 2.54. The number of carbonyl (C=O) groups excluding carboxylic acids is 1. The molecule has 4 nitrogen and oxygen atoms in total. The van der Waals surface area contributed by atoms with Crippen LogP contribution in [0.15, 0.2) is 54.6 Å². The molecule has 0 aliphatic rings. The number of rotatable bonds is 6. The molecule has 28 heavy (non-hydrogen) atoms. The lowest BCUT2D eigenvalue weighted by Gasteiger charge is -2.28. The molecule has 1 aromatic heterocycles. The summed E-state index contributed by atoms with van der Waals surface area (Å²) in [4.78, 5) is 19.8. The second-order valence-electron chi connectivity index (χ2n) is 6.60. The first kappa shape index (κ1) is 22.2. The van der Waals surface area contributed by atoms with Gasteiger partial charge >= 0.3 is 0 Å². The van der Waals surface area contributed by atoms with Gasteiger partial charge in [0.25, 0.3) is 5.91 Å². The zero-order valence-electron chi connectivity index (χ0n) is 16.1. The molecule has 2 N–H and O–H groups in total. The summed E-state index contributed by atoms with van der Waals surface area (Å²) in [7, 11) is 0. The third kappa shape index (κ3) is 4.46. The van der Waals surface area contributed by atoms with Gasteiger partial charge in [0.2, 0.25) is 0 Å². The molecule has 1 atom stereocenters. The van der Waals surface area contributed by atoms with Crippen molar-refractivity contribution in [1.29, 1.82) is 0 Å². The summed E-state index contributed by atoms with van der Waals surface area (Å²) in [5.41, 5.74) is 7.69. The quantitative estimate of drug-likeness (QED) is 0.600. The van der Waals surface area contributed by atoms with E-state index in [1.54, 1.807) is 4.90 Å². The molecule has 0 saturated carbocycles. The van der Waals surface area contributed by atoms with Crippen LogP contribution >= 0.6 is 24.0 Å². The Hall–Kier alpha value is -2.14. The van der Waals surface area contributed by atoms with Crippen LogP contribution in [0.2, 0.25) is 5.02 Å². The molecule has 0 unspecified atom stereocenters. The second kappa shape index (κ2) is 9.87. The highest BCUT2D eigenvalue weighted by Crippen LogP contribution is 2.32. The number of fused-ring (bicyclic) bond motifs is 1. The highest BCUT2D eigenvalue weighted by Gasteiger charge is 2.22. The fraction of sp³-hybridized carbons (Fsp3) is 0.273. The SMILES string of the molecule is CC[C@H](C)N(CCN)C(=O)c1cc2ccccc2c(-c2ccccc2Cl)n1.Cl. The van der Waals surface area contributed by atoms with Gasteiger partial charge in [0, 0.05) is 35.1 Å². The van der Waals surface area contributed by atoms with Crippen LogP contribution in [0.1, 0.15) is 30.8 Å². The van der Waals surface area contributed by atoms with E-state index in [2.05, 4.69) is 6.92 Å². The van der Waals surface area contributed by atoms with Crippen LogP contribution in [0.5, 0.6) is 0 Å². The van der Waals surface area contributed by atoms with E-state index in [9.17, 15) is 4.79 Å². The molecule has 0 fully saturated rings. The molecule has 0 aliphatic heterocycles. The van der Waals surface area contributed by atoms with E-state index >= 15 is 0 Å². The number of nitrogens with zero attached hydrogens (tertiary/aromatic N) is 2. The van der Waals surface area contributed by atoms with E-state index in [0.29, 0.717) is 23.8 Å². The Balaban J connectivity index is 0.00000280. The van der Waals surface area contributed by atoms with Crippen molar-refractivity contribution in [2.24, 2.45) is 5.73 Å². The Morgan fingerprint density at radius 3 is 2.54 bits per heavy atom. The van der Waals surface area contributed by atoms with Crippen LogP contribution in [-0.2, 0) is 0 Å². The first-order chi connectivity index (χ1) is 13.1. The molecule has 1 heterocycles. The number of carbonyl (C=O) groups is 1. The number of hydrogen-bond donors (Lipinski definition) is 1. The van der Waals surface area contributed by atoms with E-state index in [1.165, 1.54) is 0 Å². The van der Waals surface area contributed by atoms with Crippen molar-refractivity contribution in [3.63, 3.8) is 0 Å². The number of benzene rings is 2. The summed E-state index contributed by atoms with van der Waals surface area (Å²) in [5.74, 6) is -0.103. The van der Waals surface area contributed by atoms with Gasteiger partial charge in [0.1, 0.15) is 5.69 Å². The first-order valence-electron chi connectivity index (χ1n) is 9.22. The van der Waals surface area contributed by atoms with Gasteiger partial charge in [-0.2, -0.15) is 0 Å². The third-order valence-electron chi connectivity index (χ3n) is 4.84. The lowest BCUT2D eigenvalue weighted by atomic mass is 10.0. The standard InChI is InChI=1S/C22H24ClN3O.ClH/c1-3-15(2)26(13-12-24)22(27)20-14-16-8-4-5-9-17(16)21(25-20)18-10-6-7-11-19(18)23;/h4-11,14-15H,3,12-13,24H2,1-2H3;1H/t15-;/m0./s1. The summed E-state index contributed by atoms with van der Waals surface area (Å²) < 4.78 is 0. The number of amides is 1. The van der Waals surface area contributed by atoms with Gasteiger partial charge in [0.05, 0.1) is 5.69 Å². The van der Waals surface area contributed by atoms with E-state index < -0.39 is 0 Å². The van der Waals surface area contributed by atoms with Gasteiger partial charge in [-0.25, -0.2) is 4.98 Å². The Kier molecular flexibility index (Phi) is 7.81. The minimum absolute atomic E-state index is 0. The summed E-state index contributed by atoms with van der Waals surface area (Å²) in [6.45, 7) is 5.01. The largest absolute Gasteiger partial charge is 0.333 e. The molecule has 1 amide bonds. The monoisotopic (exact) mass is 417 g/mol. The fourth-order valence-electron chi connectivity index (χ4n) is 3.20. The van der Waals surface area contributed by atoms with Crippen LogP contribution in [0, 0.1) is 0 Å². The lowest BCUT2D eigenvalue weighted by molar-refractivity contribution is 0.0689. The van der Waals surface area contributed by atoms with Crippen molar-refractivity contribution in [3.05, 3.63) is 65.3 Å². The molecule has 3 rings (SSSR count). The molecule has 0 spiro atoms. The number of pyridine rings is 1.